The maximum absolute atomic E-state index is 13.5. The topological polar surface area (TPSA) is 42.6 Å². The lowest BCUT2D eigenvalue weighted by Crippen LogP contribution is -2.29. The molecule has 0 saturated carbocycles. The highest BCUT2D eigenvalue weighted by molar-refractivity contribution is 7.99. The Kier molecular flexibility index (Phi) is 3.28. The van der Waals surface area contributed by atoms with Crippen LogP contribution in [0.3, 0.4) is 0 Å². The van der Waals surface area contributed by atoms with E-state index in [1.165, 1.54) is 6.07 Å². The monoisotopic (exact) mass is 268 g/mol. The summed E-state index contributed by atoms with van der Waals surface area (Å²) in [6, 6.07) is 6.39. The summed E-state index contributed by atoms with van der Waals surface area (Å²) in [5.74, 6) is 1.62. The van der Waals surface area contributed by atoms with Gasteiger partial charge in [-0.3, -0.25) is 0 Å². The van der Waals surface area contributed by atoms with E-state index in [0.29, 0.717) is 17.8 Å². The van der Waals surface area contributed by atoms with Gasteiger partial charge in [0.05, 0.1) is 12.7 Å². The van der Waals surface area contributed by atoms with Crippen molar-refractivity contribution in [1.82, 2.24) is 0 Å². The van der Waals surface area contributed by atoms with Gasteiger partial charge in [-0.15, -0.1) is 0 Å². The number of hydrogen-bond acceptors (Lipinski definition) is 4. The van der Waals surface area contributed by atoms with Gasteiger partial charge in [0.25, 0.3) is 0 Å². The van der Waals surface area contributed by atoms with Crippen LogP contribution in [-0.2, 0) is 4.74 Å². The molecular weight excluding hydrogens is 255 g/mol. The van der Waals surface area contributed by atoms with Crippen molar-refractivity contribution in [3.63, 3.8) is 0 Å². The molecule has 1 aromatic carbocycles. The highest BCUT2D eigenvalue weighted by atomic mass is 32.2. The minimum atomic E-state index is -0.843. The Hall–Kier alpha value is -1.04. The minimum Gasteiger partial charge on any atom is -0.455 e. The first-order chi connectivity index (χ1) is 8.75. The van der Waals surface area contributed by atoms with E-state index in [1.807, 2.05) is 0 Å². The summed E-state index contributed by atoms with van der Waals surface area (Å²) in [5, 5.41) is 10.8. The number of aliphatic hydroxyl groups excluding tert-OH is 1. The number of thioether (sulfide) groups is 1. The molecule has 2 unspecified atom stereocenters. The lowest BCUT2D eigenvalue weighted by Gasteiger charge is -2.25. The predicted molar refractivity (Wildman–Crippen MR) is 68.2 cm³/mol. The van der Waals surface area contributed by atoms with E-state index in [1.54, 1.807) is 30.0 Å². The predicted octanol–water partition coefficient (Wildman–Crippen LogP) is 2.74. The van der Waals surface area contributed by atoms with Crippen LogP contribution in [0.15, 0.2) is 28.7 Å². The molecule has 0 spiro atoms. The summed E-state index contributed by atoms with van der Waals surface area (Å²) in [5.41, 5.74) is 0.190. The van der Waals surface area contributed by atoms with Crippen LogP contribution in [0.25, 0.3) is 11.0 Å². The molecule has 0 aliphatic carbocycles. The molecule has 3 nitrogen and oxygen atoms in total. The van der Waals surface area contributed by atoms with Crippen molar-refractivity contribution in [1.29, 1.82) is 0 Å². The number of ether oxygens (including phenoxy) is 1. The number of fused-ring (bicyclic) bond motifs is 1. The number of halogens is 1. The molecule has 96 valence electrons. The van der Waals surface area contributed by atoms with Gasteiger partial charge < -0.3 is 14.3 Å². The summed E-state index contributed by atoms with van der Waals surface area (Å²) < 4.78 is 24.4. The molecular formula is C13H13FO3S. The van der Waals surface area contributed by atoms with Crippen LogP contribution in [-0.4, -0.2) is 29.3 Å². The maximum atomic E-state index is 13.5. The van der Waals surface area contributed by atoms with Crippen LogP contribution in [0, 0.1) is 5.82 Å². The average molecular weight is 268 g/mol. The molecule has 2 heterocycles. The first-order valence-electron chi connectivity index (χ1n) is 5.81. The van der Waals surface area contributed by atoms with Crippen molar-refractivity contribution in [2.24, 2.45) is 0 Å². The highest BCUT2D eigenvalue weighted by Crippen LogP contribution is 2.30. The fourth-order valence-electron chi connectivity index (χ4n) is 2.06. The zero-order valence-electron chi connectivity index (χ0n) is 9.64. The van der Waals surface area contributed by atoms with Crippen LogP contribution < -0.4 is 0 Å². The van der Waals surface area contributed by atoms with Crippen molar-refractivity contribution in [3.8, 4) is 0 Å². The Balaban J connectivity index is 1.91. The van der Waals surface area contributed by atoms with Gasteiger partial charge in [-0.25, -0.2) is 4.39 Å². The van der Waals surface area contributed by atoms with E-state index < -0.39 is 11.9 Å². The van der Waals surface area contributed by atoms with Crippen molar-refractivity contribution in [2.75, 3.05) is 18.1 Å². The fraction of sp³-hybridized carbons (Fsp3) is 0.385. The Morgan fingerprint density at radius 2 is 2.33 bits per heavy atom. The van der Waals surface area contributed by atoms with Crippen molar-refractivity contribution in [2.45, 2.75) is 12.2 Å². The summed E-state index contributed by atoms with van der Waals surface area (Å²) in [7, 11) is 0. The Labute approximate surface area is 108 Å². The van der Waals surface area contributed by atoms with Crippen LogP contribution >= 0.6 is 11.8 Å². The first-order valence-corrected chi connectivity index (χ1v) is 6.96. The van der Waals surface area contributed by atoms with Gasteiger partial charge in [0, 0.05) is 16.9 Å². The molecule has 2 aromatic rings. The molecule has 0 bridgehead atoms. The molecule has 0 radical (unpaired) electrons. The van der Waals surface area contributed by atoms with E-state index >= 15 is 0 Å². The van der Waals surface area contributed by atoms with Gasteiger partial charge in [0.1, 0.15) is 11.9 Å². The number of aliphatic hydroxyl groups is 1. The largest absolute Gasteiger partial charge is 0.455 e. The molecule has 1 aliphatic rings. The SMILES string of the molecule is OC(c1cc2cccc(F)c2o1)C1CSCCO1. The smallest absolute Gasteiger partial charge is 0.170 e. The third kappa shape index (κ3) is 2.13. The molecule has 2 atom stereocenters. The zero-order chi connectivity index (χ0) is 12.5. The van der Waals surface area contributed by atoms with E-state index in [4.69, 9.17) is 9.15 Å². The fourth-order valence-corrected chi connectivity index (χ4v) is 2.96. The molecule has 1 saturated heterocycles. The molecule has 0 amide bonds. The molecule has 18 heavy (non-hydrogen) atoms. The number of rotatable bonds is 2. The summed E-state index contributed by atoms with van der Waals surface area (Å²) in [4.78, 5) is 0. The standard InChI is InChI=1S/C13H13FO3S/c14-9-3-1-2-8-6-10(17-13(8)9)12(15)11-7-18-5-4-16-11/h1-3,6,11-12,15H,4-5,7H2. The molecule has 3 rings (SSSR count). The number of benzene rings is 1. The van der Waals surface area contributed by atoms with E-state index in [0.717, 1.165) is 11.5 Å². The van der Waals surface area contributed by atoms with Gasteiger partial charge in [-0.05, 0) is 12.1 Å². The van der Waals surface area contributed by atoms with Gasteiger partial charge in [-0.1, -0.05) is 12.1 Å². The van der Waals surface area contributed by atoms with Gasteiger partial charge in [-0.2, -0.15) is 11.8 Å². The van der Waals surface area contributed by atoms with Crippen molar-refractivity contribution < 1.29 is 18.7 Å². The van der Waals surface area contributed by atoms with Crippen LogP contribution in [0.1, 0.15) is 11.9 Å². The molecule has 1 fully saturated rings. The summed E-state index contributed by atoms with van der Waals surface area (Å²) in [6.07, 6.45) is -1.13. The lowest BCUT2D eigenvalue weighted by atomic mass is 10.1. The molecule has 1 aliphatic heterocycles. The maximum Gasteiger partial charge on any atom is 0.170 e. The van der Waals surface area contributed by atoms with Gasteiger partial charge in [0.2, 0.25) is 0 Å². The third-order valence-corrected chi connectivity index (χ3v) is 4.02. The normalized spacial score (nSPS) is 22.2. The van der Waals surface area contributed by atoms with E-state index in [2.05, 4.69) is 0 Å². The third-order valence-electron chi connectivity index (χ3n) is 3.00. The Bertz CT molecular complexity index is 548. The number of hydrogen-bond donors (Lipinski definition) is 1. The number of para-hydroxylation sites is 1. The van der Waals surface area contributed by atoms with Crippen molar-refractivity contribution in [3.05, 3.63) is 35.8 Å². The van der Waals surface area contributed by atoms with E-state index in [9.17, 15) is 9.50 Å². The van der Waals surface area contributed by atoms with Gasteiger partial charge >= 0.3 is 0 Å². The first kappa shape index (κ1) is 12.0. The Morgan fingerprint density at radius 1 is 1.44 bits per heavy atom. The molecule has 1 N–H and O–H groups in total. The lowest BCUT2D eigenvalue weighted by molar-refractivity contribution is -0.0312. The second-order valence-corrected chi connectivity index (χ2v) is 5.39. The Morgan fingerprint density at radius 3 is 3.06 bits per heavy atom. The molecule has 1 aromatic heterocycles. The minimum absolute atomic E-state index is 0.190. The van der Waals surface area contributed by atoms with E-state index in [-0.39, 0.29) is 11.7 Å². The van der Waals surface area contributed by atoms with Crippen LogP contribution in [0.2, 0.25) is 0 Å². The highest BCUT2D eigenvalue weighted by Gasteiger charge is 2.27. The molecule has 5 heteroatoms. The van der Waals surface area contributed by atoms with Crippen molar-refractivity contribution >= 4 is 22.7 Å². The zero-order valence-corrected chi connectivity index (χ0v) is 10.5. The second-order valence-electron chi connectivity index (χ2n) is 4.24. The summed E-state index contributed by atoms with van der Waals surface area (Å²) in [6.45, 7) is 0.626. The quantitative estimate of drug-likeness (QED) is 0.909. The average Bonchev–Trinajstić information content (AvgIpc) is 2.84. The second kappa shape index (κ2) is 4.91. The summed E-state index contributed by atoms with van der Waals surface area (Å²) >= 11 is 1.74. The number of furan rings is 1. The van der Waals surface area contributed by atoms with Crippen LogP contribution in [0.5, 0.6) is 0 Å². The van der Waals surface area contributed by atoms with Crippen LogP contribution in [0.4, 0.5) is 4.39 Å². The van der Waals surface area contributed by atoms with Gasteiger partial charge in [0.15, 0.2) is 11.4 Å².